The van der Waals surface area contributed by atoms with Crippen LogP contribution in [0.15, 0.2) is 24.3 Å². The lowest BCUT2D eigenvalue weighted by atomic mass is 10.3. The molecule has 0 bridgehead atoms. The van der Waals surface area contributed by atoms with E-state index >= 15 is 0 Å². The smallest absolute Gasteiger partial charge is 0.120 e. The van der Waals surface area contributed by atoms with Crippen LogP contribution in [-0.4, -0.2) is 16.7 Å². The lowest BCUT2D eigenvalue weighted by Crippen LogP contribution is -2.04. The molecule has 72 valence electrons. The molecule has 0 aliphatic carbocycles. The highest BCUT2D eigenvalue weighted by Gasteiger charge is 1.98. The molecular weight excluding hydrogens is 255 g/mol. The van der Waals surface area contributed by atoms with Gasteiger partial charge in [-0.15, -0.1) is 0 Å². The van der Waals surface area contributed by atoms with E-state index in [4.69, 9.17) is 21.4 Å². The van der Waals surface area contributed by atoms with Crippen LogP contribution in [0.1, 0.15) is 6.42 Å². The predicted octanol–water partition coefficient (Wildman–Crippen LogP) is 2.82. The summed E-state index contributed by atoms with van der Waals surface area (Å²) in [5.74, 6) is 0.723. The van der Waals surface area contributed by atoms with E-state index in [1.54, 1.807) is 12.1 Å². The van der Waals surface area contributed by atoms with E-state index < -0.39 is 5.01 Å². The Morgan fingerprint density at radius 3 is 2.92 bits per heavy atom. The van der Waals surface area contributed by atoms with Crippen molar-refractivity contribution in [3.05, 3.63) is 29.3 Å². The maximum atomic E-state index is 8.90. The number of aliphatic hydroxyl groups excluding tert-OH is 1. The fourth-order valence-electron chi connectivity index (χ4n) is 0.831. The molecule has 0 saturated carbocycles. The van der Waals surface area contributed by atoms with Crippen molar-refractivity contribution in [2.45, 2.75) is 11.4 Å². The van der Waals surface area contributed by atoms with Gasteiger partial charge in [0.25, 0.3) is 0 Å². The van der Waals surface area contributed by atoms with Crippen molar-refractivity contribution < 1.29 is 9.84 Å². The van der Waals surface area contributed by atoms with Crippen molar-refractivity contribution in [3.63, 3.8) is 0 Å². The third-order valence-electron chi connectivity index (χ3n) is 1.42. The van der Waals surface area contributed by atoms with Crippen molar-refractivity contribution in [2.75, 3.05) is 6.61 Å². The van der Waals surface area contributed by atoms with Crippen LogP contribution in [0.3, 0.4) is 0 Å². The van der Waals surface area contributed by atoms with Gasteiger partial charge in [-0.2, -0.15) is 0 Å². The first kappa shape index (κ1) is 10.8. The summed E-state index contributed by atoms with van der Waals surface area (Å²) in [7, 11) is 0. The number of aliphatic hydroxyl groups is 1. The highest BCUT2D eigenvalue weighted by molar-refractivity contribution is 9.09. The zero-order valence-corrected chi connectivity index (χ0v) is 9.25. The first-order valence-corrected chi connectivity index (χ1v) is 5.18. The number of hydrogen-bond acceptors (Lipinski definition) is 2. The second-order valence-electron chi connectivity index (χ2n) is 2.53. The minimum Gasteiger partial charge on any atom is -0.493 e. The van der Waals surface area contributed by atoms with Crippen LogP contribution < -0.4 is 4.74 Å². The summed E-state index contributed by atoms with van der Waals surface area (Å²) >= 11 is 8.76. The Hall–Kier alpha value is -0.250. The fraction of sp³-hybridized carbons (Fsp3) is 0.333. The second kappa shape index (κ2) is 5.47. The van der Waals surface area contributed by atoms with Crippen LogP contribution in [0.2, 0.25) is 5.02 Å². The number of ether oxygens (including phenoxy) is 1. The Morgan fingerprint density at radius 2 is 2.31 bits per heavy atom. The molecule has 0 heterocycles. The van der Waals surface area contributed by atoms with Gasteiger partial charge >= 0.3 is 0 Å². The van der Waals surface area contributed by atoms with Gasteiger partial charge in [0.15, 0.2) is 0 Å². The quantitative estimate of drug-likeness (QED) is 0.848. The maximum Gasteiger partial charge on any atom is 0.120 e. The summed E-state index contributed by atoms with van der Waals surface area (Å²) in [6, 6.07) is 7.17. The topological polar surface area (TPSA) is 29.5 Å². The Balaban J connectivity index is 2.37. The second-order valence-corrected chi connectivity index (χ2v) is 4.02. The molecule has 0 aromatic heterocycles. The van der Waals surface area contributed by atoms with Crippen LogP contribution in [0.4, 0.5) is 0 Å². The van der Waals surface area contributed by atoms with Crippen LogP contribution in [0.5, 0.6) is 5.75 Å². The van der Waals surface area contributed by atoms with Gasteiger partial charge in [-0.05, 0) is 18.2 Å². The number of benzene rings is 1. The Morgan fingerprint density at radius 1 is 1.54 bits per heavy atom. The first-order chi connectivity index (χ1) is 6.18. The van der Waals surface area contributed by atoms with Gasteiger partial charge in [-0.1, -0.05) is 33.6 Å². The van der Waals surface area contributed by atoms with Gasteiger partial charge in [-0.25, -0.2) is 0 Å². The lowest BCUT2D eigenvalue weighted by molar-refractivity contribution is 0.214. The molecule has 4 heteroatoms. The van der Waals surface area contributed by atoms with Gasteiger partial charge in [-0.3, -0.25) is 0 Å². The van der Waals surface area contributed by atoms with Crippen LogP contribution in [0, 0.1) is 0 Å². The van der Waals surface area contributed by atoms with Crippen molar-refractivity contribution in [1.29, 1.82) is 0 Å². The highest BCUT2D eigenvalue weighted by Crippen LogP contribution is 2.17. The maximum absolute atomic E-state index is 8.90. The highest BCUT2D eigenvalue weighted by atomic mass is 79.9. The molecule has 1 aromatic carbocycles. The molecule has 1 unspecified atom stereocenters. The Bertz CT molecular complexity index is 266. The monoisotopic (exact) mass is 264 g/mol. The van der Waals surface area contributed by atoms with Gasteiger partial charge < -0.3 is 9.84 Å². The minimum atomic E-state index is -0.508. The fourth-order valence-corrected chi connectivity index (χ4v) is 1.20. The Labute approximate surface area is 90.6 Å². The molecule has 13 heavy (non-hydrogen) atoms. The van der Waals surface area contributed by atoms with Crippen molar-refractivity contribution in [2.24, 2.45) is 0 Å². The zero-order valence-electron chi connectivity index (χ0n) is 6.91. The third kappa shape index (κ3) is 4.50. The molecule has 0 fully saturated rings. The molecule has 0 saturated heterocycles. The molecular formula is C9H10BrClO2. The molecule has 1 atom stereocenters. The number of alkyl halides is 1. The zero-order chi connectivity index (χ0) is 9.68. The van der Waals surface area contributed by atoms with Crippen molar-refractivity contribution in [1.82, 2.24) is 0 Å². The molecule has 1 aromatic rings. The third-order valence-corrected chi connectivity index (χ3v) is 2.11. The average molecular weight is 266 g/mol. The molecule has 2 nitrogen and oxygen atoms in total. The summed E-state index contributed by atoms with van der Waals surface area (Å²) < 4.78 is 5.32. The molecule has 0 aliphatic heterocycles. The van der Waals surface area contributed by atoms with Gasteiger partial charge in [0.2, 0.25) is 0 Å². The molecule has 0 spiro atoms. The SMILES string of the molecule is OC(Br)CCOc1cccc(Cl)c1. The molecule has 1 rings (SSSR count). The minimum absolute atomic E-state index is 0.465. The summed E-state index contributed by atoms with van der Waals surface area (Å²) in [6.07, 6.45) is 0.548. The molecule has 0 radical (unpaired) electrons. The summed E-state index contributed by atoms with van der Waals surface area (Å²) in [6.45, 7) is 0.465. The normalized spacial score (nSPS) is 12.5. The van der Waals surface area contributed by atoms with E-state index in [1.165, 1.54) is 0 Å². The number of halogens is 2. The van der Waals surface area contributed by atoms with E-state index in [-0.39, 0.29) is 0 Å². The van der Waals surface area contributed by atoms with E-state index in [2.05, 4.69) is 15.9 Å². The van der Waals surface area contributed by atoms with Crippen molar-refractivity contribution in [3.8, 4) is 5.75 Å². The molecule has 0 aliphatic rings. The van der Waals surface area contributed by atoms with Gasteiger partial charge in [0.05, 0.1) is 6.61 Å². The lowest BCUT2D eigenvalue weighted by Gasteiger charge is -2.06. The average Bonchev–Trinajstić information content (AvgIpc) is 2.03. The molecule has 1 N–H and O–H groups in total. The van der Waals surface area contributed by atoms with Gasteiger partial charge in [0.1, 0.15) is 10.8 Å². The summed E-state index contributed by atoms with van der Waals surface area (Å²) in [4.78, 5) is 0. The van der Waals surface area contributed by atoms with E-state index in [0.29, 0.717) is 18.1 Å². The first-order valence-electron chi connectivity index (χ1n) is 3.89. The van der Waals surface area contributed by atoms with E-state index in [1.807, 2.05) is 12.1 Å². The van der Waals surface area contributed by atoms with Crippen LogP contribution in [0.25, 0.3) is 0 Å². The summed E-state index contributed by atoms with van der Waals surface area (Å²) in [5, 5.41) is 9.04. The predicted molar refractivity (Wildman–Crippen MR) is 56.5 cm³/mol. The Kier molecular flexibility index (Phi) is 4.56. The summed E-state index contributed by atoms with van der Waals surface area (Å²) in [5.41, 5.74) is 0. The largest absolute Gasteiger partial charge is 0.493 e. The van der Waals surface area contributed by atoms with Crippen LogP contribution in [-0.2, 0) is 0 Å². The van der Waals surface area contributed by atoms with E-state index in [0.717, 1.165) is 5.75 Å². The number of hydrogen-bond donors (Lipinski definition) is 1. The van der Waals surface area contributed by atoms with Crippen molar-refractivity contribution >= 4 is 27.5 Å². The van der Waals surface area contributed by atoms with Crippen LogP contribution >= 0.6 is 27.5 Å². The van der Waals surface area contributed by atoms with E-state index in [9.17, 15) is 0 Å². The standard InChI is InChI=1S/C9H10BrClO2/c10-9(12)4-5-13-8-3-1-2-7(11)6-8/h1-3,6,9,12H,4-5H2. The van der Waals surface area contributed by atoms with Gasteiger partial charge in [0, 0.05) is 11.4 Å². The number of rotatable bonds is 4. The molecule has 0 amide bonds.